The van der Waals surface area contributed by atoms with Gasteiger partial charge in [-0.05, 0) is 44.9 Å². The van der Waals surface area contributed by atoms with Crippen LogP contribution < -0.4 is 9.46 Å². The van der Waals surface area contributed by atoms with E-state index in [1.54, 1.807) is 7.11 Å². The van der Waals surface area contributed by atoms with Gasteiger partial charge in [0.1, 0.15) is 0 Å². The summed E-state index contributed by atoms with van der Waals surface area (Å²) in [5.41, 5.74) is -0.352. The molecule has 2 rings (SSSR count). The van der Waals surface area contributed by atoms with Crippen molar-refractivity contribution in [1.82, 2.24) is 4.72 Å². The molecule has 0 aliphatic heterocycles. The molecule has 0 saturated heterocycles. The average molecular weight is 344 g/mol. The van der Waals surface area contributed by atoms with Crippen molar-refractivity contribution in [3.63, 3.8) is 0 Å². The van der Waals surface area contributed by atoms with Crippen LogP contribution in [0.3, 0.4) is 0 Å². The summed E-state index contributed by atoms with van der Waals surface area (Å²) in [5, 5.41) is 11.2. The summed E-state index contributed by atoms with van der Waals surface area (Å²) >= 11 is 0. The highest BCUT2D eigenvalue weighted by Gasteiger charge is 2.26. The third-order valence-electron chi connectivity index (χ3n) is 3.95. The highest BCUT2D eigenvalue weighted by atomic mass is 32.2. The maximum Gasteiger partial charge on any atom is 0.312 e. The van der Waals surface area contributed by atoms with Crippen molar-refractivity contribution in [2.24, 2.45) is 0 Å². The molecule has 0 atom stereocenters. The van der Waals surface area contributed by atoms with Crippen molar-refractivity contribution in [2.45, 2.75) is 42.8 Å². The molecule has 23 heavy (non-hydrogen) atoms. The molecule has 0 amide bonds. The summed E-state index contributed by atoms with van der Waals surface area (Å²) < 4.78 is 36.7. The van der Waals surface area contributed by atoms with Crippen LogP contribution in [0.1, 0.15) is 25.7 Å². The highest BCUT2D eigenvalue weighted by Crippen LogP contribution is 2.33. The van der Waals surface area contributed by atoms with E-state index in [0.717, 1.165) is 31.7 Å². The van der Waals surface area contributed by atoms with E-state index < -0.39 is 14.9 Å². The maximum atomic E-state index is 11.8. The zero-order valence-electron chi connectivity index (χ0n) is 13.0. The summed E-state index contributed by atoms with van der Waals surface area (Å²) in [7, 11) is -0.827. The lowest BCUT2D eigenvalue weighted by Gasteiger charge is -2.27. The smallest absolute Gasteiger partial charge is 0.312 e. The van der Waals surface area contributed by atoms with Gasteiger partial charge in [0, 0.05) is 13.2 Å². The van der Waals surface area contributed by atoms with Crippen molar-refractivity contribution >= 4 is 15.7 Å². The second-order valence-corrected chi connectivity index (χ2v) is 7.23. The predicted molar refractivity (Wildman–Crippen MR) is 83.0 cm³/mol. The van der Waals surface area contributed by atoms with Crippen molar-refractivity contribution < 1.29 is 22.8 Å². The first-order valence-corrected chi connectivity index (χ1v) is 8.77. The Bertz CT molecular complexity index is 668. The monoisotopic (exact) mass is 344 g/mol. The Hall–Kier alpha value is -1.71. The minimum atomic E-state index is -3.74. The second kappa shape index (κ2) is 7.24. The Morgan fingerprint density at radius 2 is 1.83 bits per heavy atom. The first-order valence-electron chi connectivity index (χ1n) is 7.29. The summed E-state index contributed by atoms with van der Waals surface area (Å²) in [6.45, 7) is 0. The minimum absolute atomic E-state index is 0.0888. The molecule has 1 aliphatic rings. The van der Waals surface area contributed by atoms with Crippen molar-refractivity contribution in [3.8, 4) is 5.75 Å². The normalized spacial score (nSPS) is 21.8. The molecule has 1 aromatic rings. The highest BCUT2D eigenvalue weighted by molar-refractivity contribution is 7.89. The third kappa shape index (κ3) is 4.18. The molecular weight excluding hydrogens is 324 g/mol. The molecule has 0 heterocycles. The van der Waals surface area contributed by atoms with Gasteiger partial charge in [0.05, 0.1) is 22.0 Å². The van der Waals surface area contributed by atoms with Gasteiger partial charge in [-0.25, -0.2) is 13.1 Å². The molecule has 1 fully saturated rings. The fourth-order valence-electron chi connectivity index (χ4n) is 2.59. The number of nitro groups is 1. The van der Waals surface area contributed by atoms with Gasteiger partial charge in [0.25, 0.3) is 0 Å². The maximum absolute atomic E-state index is 11.8. The van der Waals surface area contributed by atoms with Gasteiger partial charge in [-0.2, -0.15) is 0 Å². The van der Waals surface area contributed by atoms with E-state index in [2.05, 4.69) is 4.72 Å². The average Bonchev–Trinajstić information content (AvgIpc) is 2.55. The lowest BCUT2D eigenvalue weighted by atomic mass is 9.95. The molecular formula is C14H20N2O6S. The van der Waals surface area contributed by atoms with Gasteiger partial charge in [-0.3, -0.25) is 10.1 Å². The predicted octanol–water partition coefficient (Wildman–Crippen LogP) is 1.84. The molecule has 0 spiro atoms. The summed E-state index contributed by atoms with van der Waals surface area (Å²) in [6.07, 6.45) is 3.22. The van der Waals surface area contributed by atoms with Gasteiger partial charge < -0.3 is 9.47 Å². The number of rotatable bonds is 6. The number of nitro benzene ring substituents is 1. The van der Waals surface area contributed by atoms with Crippen LogP contribution in [-0.4, -0.2) is 39.7 Å². The van der Waals surface area contributed by atoms with Crippen molar-refractivity contribution in [3.05, 3.63) is 28.3 Å². The minimum Gasteiger partial charge on any atom is -0.483 e. The SMILES string of the molecule is CNS(=O)(=O)c1ccc(OC2CCC(OC)CC2)c([N+](=O)[O-])c1. The van der Waals surface area contributed by atoms with E-state index in [1.165, 1.54) is 19.2 Å². The van der Waals surface area contributed by atoms with E-state index >= 15 is 0 Å². The number of hydrogen-bond acceptors (Lipinski definition) is 6. The van der Waals surface area contributed by atoms with E-state index in [0.29, 0.717) is 0 Å². The van der Waals surface area contributed by atoms with E-state index in [4.69, 9.17) is 9.47 Å². The van der Waals surface area contributed by atoms with E-state index in [1.807, 2.05) is 0 Å². The molecule has 8 nitrogen and oxygen atoms in total. The van der Waals surface area contributed by atoms with Crippen LogP contribution in [0.2, 0.25) is 0 Å². The first kappa shape index (κ1) is 17.6. The van der Waals surface area contributed by atoms with Crippen LogP contribution in [0, 0.1) is 10.1 Å². The number of ether oxygens (including phenoxy) is 2. The Balaban J connectivity index is 2.21. The standard InChI is InChI=1S/C14H20N2O6S/c1-15-23(19,20)12-7-8-14(13(9-12)16(17)18)22-11-5-3-10(21-2)4-6-11/h7-11,15H,3-6H2,1-2H3. The Kier molecular flexibility index (Phi) is 5.55. The molecule has 1 saturated carbocycles. The zero-order valence-corrected chi connectivity index (χ0v) is 13.8. The molecule has 1 aromatic carbocycles. The number of benzene rings is 1. The van der Waals surface area contributed by atoms with Crippen LogP contribution in [0.5, 0.6) is 5.75 Å². The van der Waals surface area contributed by atoms with Gasteiger partial charge >= 0.3 is 5.69 Å². The molecule has 128 valence electrons. The van der Waals surface area contributed by atoms with E-state index in [9.17, 15) is 18.5 Å². The largest absolute Gasteiger partial charge is 0.483 e. The van der Waals surface area contributed by atoms with Crippen molar-refractivity contribution in [2.75, 3.05) is 14.2 Å². The van der Waals surface area contributed by atoms with E-state index in [-0.39, 0.29) is 28.5 Å². The molecule has 9 heteroatoms. The third-order valence-corrected chi connectivity index (χ3v) is 5.37. The lowest BCUT2D eigenvalue weighted by Crippen LogP contribution is -2.28. The van der Waals surface area contributed by atoms with Crippen LogP contribution >= 0.6 is 0 Å². The number of sulfonamides is 1. The summed E-state index contributed by atoms with van der Waals surface area (Å²) in [6, 6.07) is 3.65. The second-order valence-electron chi connectivity index (χ2n) is 5.35. The van der Waals surface area contributed by atoms with Gasteiger partial charge in [-0.1, -0.05) is 0 Å². The van der Waals surface area contributed by atoms with Crippen LogP contribution in [-0.2, 0) is 14.8 Å². The molecule has 1 aliphatic carbocycles. The summed E-state index contributed by atoms with van der Waals surface area (Å²) in [5.74, 6) is 0.0888. The Morgan fingerprint density at radius 1 is 1.22 bits per heavy atom. The number of nitrogens with zero attached hydrogens (tertiary/aromatic N) is 1. The molecule has 1 N–H and O–H groups in total. The molecule has 0 aromatic heterocycles. The Morgan fingerprint density at radius 3 is 2.35 bits per heavy atom. The van der Waals surface area contributed by atoms with Crippen LogP contribution in [0.4, 0.5) is 5.69 Å². The Labute approximate surface area is 135 Å². The number of methoxy groups -OCH3 is 1. The quantitative estimate of drug-likeness (QED) is 0.623. The van der Waals surface area contributed by atoms with Gasteiger partial charge in [0.2, 0.25) is 10.0 Å². The fourth-order valence-corrected chi connectivity index (χ4v) is 3.34. The van der Waals surface area contributed by atoms with Crippen molar-refractivity contribution in [1.29, 1.82) is 0 Å². The fraction of sp³-hybridized carbons (Fsp3) is 0.571. The van der Waals surface area contributed by atoms with Crippen LogP contribution in [0.15, 0.2) is 23.1 Å². The number of nitrogens with one attached hydrogen (secondary N) is 1. The lowest BCUT2D eigenvalue weighted by molar-refractivity contribution is -0.386. The molecule has 0 radical (unpaired) electrons. The topological polar surface area (TPSA) is 108 Å². The summed E-state index contributed by atoms with van der Waals surface area (Å²) in [4.78, 5) is 10.4. The van der Waals surface area contributed by atoms with Gasteiger partial charge in [-0.15, -0.1) is 0 Å². The number of hydrogen-bond donors (Lipinski definition) is 1. The molecule has 0 bridgehead atoms. The van der Waals surface area contributed by atoms with Gasteiger partial charge in [0.15, 0.2) is 5.75 Å². The first-order chi connectivity index (χ1) is 10.9. The molecule has 0 unspecified atom stereocenters. The zero-order chi connectivity index (χ0) is 17.0. The van der Waals surface area contributed by atoms with Crippen LogP contribution in [0.25, 0.3) is 0 Å².